The van der Waals surface area contributed by atoms with E-state index in [-0.39, 0.29) is 22.7 Å². The highest BCUT2D eigenvalue weighted by molar-refractivity contribution is 8.00. The lowest BCUT2D eigenvalue weighted by Crippen LogP contribution is -2.44. The highest BCUT2D eigenvalue weighted by Gasteiger charge is 2.39. The van der Waals surface area contributed by atoms with Crippen molar-refractivity contribution in [3.05, 3.63) is 0 Å². The van der Waals surface area contributed by atoms with Gasteiger partial charge in [-0.3, -0.25) is 14.9 Å². The van der Waals surface area contributed by atoms with Crippen molar-refractivity contribution >= 4 is 23.5 Å². The topological polar surface area (TPSA) is 55.4 Å². The summed E-state index contributed by atoms with van der Waals surface area (Å²) in [5.74, 6) is 0.527. The first kappa shape index (κ1) is 11.5. The summed E-state index contributed by atoms with van der Waals surface area (Å²) >= 11 is 1.59. The molecule has 1 aliphatic heterocycles. The minimum Gasteiger partial charge on any atom is -0.468 e. The number of ether oxygens (including phenoxy) is 1. The second-order valence-corrected chi connectivity index (χ2v) is 5.16. The van der Waals surface area contributed by atoms with Gasteiger partial charge in [0.05, 0.1) is 12.0 Å². The number of esters is 1. The zero-order chi connectivity index (χ0) is 10.8. The first-order valence-corrected chi connectivity index (χ1v) is 5.44. The second kappa shape index (κ2) is 4.31. The van der Waals surface area contributed by atoms with E-state index in [1.165, 1.54) is 7.11 Å². The molecular weight excluding hydrogens is 202 g/mol. The van der Waals surface area contributed by atoms with Gasteiger partial charge in [0.1, 0.15) is 11.8 Å². The van der Waals surface area contributed by atoms with Gasteiger partial charge in [-0.1, -0.05) is 0 Å². The van der Waals surface area contributed by atoms with Crippen LogP contribution in [0.3, 0.4) is 0 Å². The Hall–Kier alpha value is -0.550. The number of carbonyl (C=O) groups is 2. The molecule has 1 unspecified atom stereocenters. The summed E-state index contributed by atoms with van der Waals surface area (Å²) in [7, 11) is 1.37. The molecule has 2 atom stereocenters. The lowest BCUT2D eigenvalue weighted by Gasteiger charge is -2.22. The summed E-state index contributed by atoms with van der Waals surface area (Å²) in [6.45, 7) is 3.49. The summed E-state index contributed by atoms with van der Waals surface area (Å²) < 4.78 is 4.63. The Morgan fingerprint density at radius 3 is 2.79 bits per heavy atom. The average molecular weight is 217 g/mol. The molecule has 1 N–H and O–H groups in total. The molecule has 0 aromatic rings. The van der Waals surface area contributed by atoms with E-state index in [2.05, 4.69) is 10.1 Å². The van der Waals surface area contributed by atoms with Crippen LogP contribution >= 0.6 is 11.8 Å². The molecule has 0 amide bonds. The number of nitrogens with one attached hydrogen (secondary N) is 1. The molecule has 0 bridgehead atoms. The fourth-order valence-corrected chi connectivity index (χ4v) is 2.85. The van der Waals surface area contributed by atoms with Gasteiger partial charge in [0, 0.05) is 12.2 Å². The maximum atomic E-state index is 11.2. The normalized spacial score (nSPS) is 31.5. The molecule has 1 saturated heterocycles. The lowest BCUT2D eigenvalue weighted by molar-refractivity contribution is -0.142. The van der Waals surface area contributed by atoms with Gasteiger partial charge in [0.2, 0.25) is 0 Å². The van der Waals surface area contributed by atoms with Gasteiger partial charge >= 0.3 is 5.97 Å². The minimum absolute atomic E-state index is 0.123. The number of ketones is 1. The molecule has 1 heterocycles. The summed E-state index contributed by atoms with van der Waals surface area (Å²) in [6.07, 6.45) is 0.436. The minimum atomic E-state index is -0.315. The van der Waals surface area contributed by atoms with Gasteiger partial charge in [-0.15, -0.1) is 11.8 Å². The van der Waals surface area contributed by atoms with Crippen LogP contribution in [0.1, 0.15) is 20.3 Å². The third-order valence-electron chi connectivity index (χ3n) is 2.12. The van der Waals surface area contributed by atoms with Crippen LogP contribution in [0.2, 0.25) is 0 Å². The number of thioether (sulfide) groups is 1. The monoisotopic (exact) mass is 217 g/mol. The highest BCUT2D eigenvalue weighted by atomic mass is 32.2. The Morgan fingerprint density at radius 2 is 2.29 bits per heavy atom. The molecule has 14 heavy (non-hydrogen) atoms. The zero-order valence-corrected chi connectivity index (χ0v) is 9.44. The number of rotatable bonds is 3. The Morgan fingerprint density at radius 1 is 1.64 bits per heavy atom. The number of hydrogen-bond acceptors (Lipinski definition) is 5. The van der Waals surface area contributed by atoms with Crippen molar-refractivity contribution in [3.63, 3.8) is 0 Å². The quantitative estimate of drug-likeness (QED) is 0.700. The van der Waals surface area contributed by atoms with Crippen molar-refractivity contribution in [1.29, 1.82) is 0 Å². The molecule has 0 saturated carbocycles. The van der Waals surface area contributed by atoms with Crippen molar-refractivity contribution in [3.8, 4) is 0 Å². The van der Waals surface area contributed by atoms with Gasteiger partial charge in [-0.25, -0.2) is 0 Å². The number of hydrogen-bond donors (Lipinski definition) is 1. The van der Waals surface area contributed by atoms with Gasteiger partial charge < -0.3 is 4.74 Å². The van der Waals surface area contributed by atoms with Crippen LogP contribution in [0.4, 0.5) is 0 Å². The third kappa shape index (κ3) is 2.72. The zero-order valence-electron chi connectivity index (χ0n) is 8.62. The molecule has 0 aliphatic carbocycles. The number of Topliss-reactive ketones (excluding diaryl/α,β-unsaturated/α-hetero) is 1. The van der Waals surface area contributed by atoms with E-state index in [9.17, 15) is 9.59 Å². The predicted octanol–water partition coefficient (Wildman–Crippen LogP) is 0.560. The first-order chi connectivity index (χ1) is 6.47. The van der Waals surface area contributed by atoms with Crippen molar-refractivity contribution in [1.82, 2.24) is 5.32 Å². The smallest absolute Gasteiger partial charge is 0.323 e. The molecule has 80 valence electrons. The molecule has 4 nitrogen and oxygen atoms in total. The molecule has 0 aromatic heterocycles. The maximum absolute atomic E-state index is 11.2. The van der Waals surface area contributed by atoms with E-state index in [0.29, 0.717) is 12.2 Å². The first-order valence-electron chi connectivity index (χ1n) is 4.46. The molecule has 0 aromatic carbocycles. The number of carbonyl (C=O) groups excluding carboxylic acids is 2. The molecule has 5 heteroatoms. The van der Waals surface area contributed by atoms with Crippen LogP contribution in [0.5, 0.6) is 0 Å². The summed E-state index contributed by atoms with van der Waals surface area (Å²) in [5.41, 5.74) is 0. The molecule has 1 fully saturated rings. The summed E-state index contributed by atoms with van der Waals surface area (Å²) in [5, 5.41) is 3.12. The van der Waals surface area contributed by atoms with Gasteiger partial charge in [0.25, 0.3) is 0 Å². The van der Waals surface area contributed by atoms with E-state index in [1.54, 1.807) is 18.7 Å². The number of methoxy groups -OCH3 is 1. The SMILES string of the molecule is COC(=O)[C@@H]1CSC(C)(CC(C)=O)N1. The summed E-state index contributed by atoms with van der Waals surface area (Å²) in [6, 6.07) is -0.283. The molecule has 1 aliphatic rings. The van der Waals surface area contributed by atoms with E-state index in [1.807, 2.05) is 6.92 Å². The van der Waals surface area contributed by atoms with Gasteiger partial charge in [-0.05, 0) is 13.8 Å². The Labute approximate surface area is 87.8 Å². The molecule has 0 spiro atoms. The van der Waals surface area contributed by atoms with Crippen molar-refractivity contribution in [2.45, 2.75) is 31.2 Å². The summed E-state index contributed by atoms with van der Waals surface area (Å²) in [4.78, 5) is 21.9. The average Bonchev–Trinajstić information content (AvgIpc) is 2.45. The predicted molar refractivity (Wildman–Crippen MR) is 55.1 cm³/mol. The van der Waals surface area contributed by atoms with Crippen LogP contribution in [-0.2, 0) is 14.3 Å². The van der Waals surface area contributed by atoms with Crippen LogP contribution in [0.15, 0.2) is 0 Å². The standard InChI is InChI=1S/C9H15NO3S/c1-6(11)4-9(2)10-7(5-14-9)8(12)13-3/h7,10H,4-5H2,1-3H3/t7-,9?/m0/s1. The maximum Gasteiger partial charge on any atom is 0.323 e. The van der Waals surface area contributed by atoms with Crippen LogP contribution in [-0.4, -0.2) is 35.5 Å². The fraction of sp³-hybridized carbons (Fsp3) is 0.778. The highest BCUT2D eigenvalue weighted by Crippen LogP contribution is 2.33. The van der Waals surface area contributed by atoms with Crippen molar-refractivity contribution < 1.29 is 14.3 Å². The van der Waals surface area contributed by atoms with E-state index in [0.717, 1.165) is 0 Å². The Bertz CT molecular complexity index is 256. The van der Waals surface area contributed by atoms with Crippen molar-refractivity contribution in [2.24, 2.45) is 0 Å². The fourth-order valence-electron chi connectivity index (χ4n) is 1.57. The third-order valence-corrected chi connectivity index (χ3v) is 3.52. The molecular formula is C9H15NO3S. The van der Waals surface area contributed by atoms with Crippen molar-refractivity contribution in [2.75, 3.05) is 12.9 Å². The second-order valence-electron chi connectivity index (χ2n) is 3.64. The van der Waals surface area contributed by atoms with Gasteiger partial charge in [0.15, 0.2) is 0 Å². The lowest BCUT2D eigenvalue weighted by atomic mass is 10.1. The van der Waals surface area contributed by atoms with Crippen LogP contribution < -0.4 is 5.32 Å². The van der Waals surface area contributed by atoms with E-state index >= 15 is 0 Å². The van der Waals surface area contributed by atoms with E-state index < -0.39 is 0 Å². The Kier molecular flexibility index (Phi) is 3.55. The van der Waals surface area contributed by atoms with Gasteiger partial charge in [-0.2, -0.15) is 0 Å². The van der Waals surface area contributed by atoms with E-state index in [4.69, 9.17) is 0 Å². The largest absolute Gasteiger partial charge is 0.468 e. The Balaban J connectivity index is 2.54. The molecule has 0 radical (unpaired) electrons. The van der Waals surface area contributed by atoms with Crippen LogP contribution in [0, 0.1) is 0 Å². The van der Waals surface area contributed by atoms with Crippen LogP contribution in [0.25, 0.3) is 0 Å². The molecule has 1 rings (SSSR count).